The van der Waals surface area contributed by atoms with Crippen molar-refractivity contribution in [3.8, 4) is 0 Å². The maximum atomic E-state index is 13.9. The van der Waals surface area contributed by atoms with Crippen molar-refractivity contribution in [2.75, 3.05) is 25.4 Å². The molecule has 0 saturated carbocycles. The number of carbonyl (C=O) groups excluding carboxylic acids is 6. The van der Waals surface area contributed by atoms with Gasteiger partial charge in [-0.2, -0.15) is 12.6 Å². The Balaban J connectivity index is 3.35. The molecule has 0 radical (unpaired) electrons. The van der Waals surface area contributed by atoms with Gasteiger partial charge in [0.25, 0.3) is 0 Å². The van der Waals surface area contributed by atoms with Crippen molar-refractivity contribution in [2.24, 2.45) is 44.4 Å². The third kappa shape index (κ3) is 19.3. The van der Waals surface area contributed by atoms with Crippen molar-refractivity contribution in [1.82, 2.24) is 26.6 Å². The van der Waals surface area contributed by atoms with E-state index in [0.717, 1.165) is 0 Å². The lowest BCUT2D eigenvalue weighted by Gasteiger charge is -2.27. The van der Waals surface area contributed by atoms with E-state index in [1.807, 2.05) is 0 Å². The zero-order chi connectivity index (χ0) is 41.5. The fourth-order valence-corrected chi connectivity index (χ4v) is 4.96. The number of nitrogens with zero attached hydrogens (tertiary/aromatic N) is 2. The van der Waals surface area contributed by atoms with Crippen LogP contribution in [-0.2, 0) is 40.0 Å². The molecule has 0 spiro atoms. The molecule has 1 aromatic rings. The molecule has 23 heteroatoms. The summed E-state index contributed by atoms with van der Waals surface area (Å²) in [6.45, 7) is -0.804. The summed E-state index contributed by atoms with van der Waals surface area (Å²) in [5.74, 6) is -7.10. The van der Waals surface area contributed by atoms with Crippen LogP contribution in [0, 0.1) is 0 Å². The van der Waals surface area contributed by atoms with Crippen LogP contribution in [0.25, 0.3) is 0 Å². The Morgan fingerprint density at radius 3 is 1.56 bits per heavy atom. The molecule has 0 heterocycles. The molecule has 0 aliphatic rings. The standard InChI is InChI=1S/C32H53N13O9S/c33-18(16-55)25(48)41-20(10-11-24(34)47)27(50)42-19(8-4-12-39-31(35)36)26(49)44-22(14-17-6-2-1-3-7-17)28(51)45-23(15-46)29(52)43-21(30(53)54)9-5-13-40-32(37)38/h1-3,6-7,18-23,46,55H,4-5,8-16,33H2,(H2,34,47)(H,41,48)(H,42,50)(H,43,52)(H,44,49)(H,45,51)(H,53,54)(H4,35,36,39)(H4,37,38,40)/t18-,19-,20-,21-,22-,23-/m0/s1. The molecule has 22 nitrogen and oxygen atoms in total. The van der Waals surface area contributed by atoms with Gasteiger partial charge >= 0.3 is 5.97 Å². The molecule has 0 fully saturated rings. The molecule has 0 unspecified atom stereocenters. The van der Waals surface area contributed by atoms with Gasteiger partial charge < -0.3 is 71.2 Å². The van der Waals surface area contributed by atoms with Crippen molar-refractivity contribution in [3.05, 3.63) is 35.9 Å². The van der Waals surface area contributed by atoms with Gasteiger partial charge in [0.15, 0.2) is 11.9 Å². The van der Waals surface area contributed by atoms with Gasteiger partial charge in [-0.15, -0.1) is 0 Å². The molecule has 0 aliphatic carbocycles. The lowest BCUT2D eigenvalue weighted by atomic mass is 10.0. The lowest BCUT2D eigenvalue weighted by Crippen LogP contribution is -2.60. The number of hydrogen-bond acceptors (Lipinski definition) is 12. The van der Waals surface area contributed by atoms with Crippen LogP contribution in [-0.4, -0.2) is 125 Å². The second-order valence-corrected chi connectivity index (χ2v) is 12.6. The number of amides is 6. The van der Waals surface area contributed by atoms with Crippen molar-refractivity contribution >= 4 is 66.0 Å². The number of carboxylic acid groups (broad SMARTS) is 1. The Kier molecular flexibility index (Phi) is 21.8. The third-order valence-electron chi connectivity index (χ3n) is 7.72. The SMILES string of the molecule is NC(=O)CC[C@H](NC(=O)[C@@H](N)CS)C(=O)N[C@@H](CCCN=C(N)N)C(=O)N[C@@H](Cc1ccccc1)C(=O)N[C@@H](CO)C(=O)N[C@@H](CCCN=C(N)N)C(=O)O. The van der Waals surface area contributed by atoms with Gasteiger partial charge in [0.2, 0.25) is 35.4 Å². The molecule has 6 atom stereocenters. The van der Waals surface area contributed by atoms with E-state index in [1.165, 1.54) is 0 Å². The first-order valence-electron chi connectivity index (χ1n) is 17.1. The van der Waals surface area contributed by atoms with Gasteiger partial charge in [0, 0.05) is 31.7 Å². The Morgan fingerprint density at radius 2 is 1.07 bits per heavy atom. The minimum absolute atomic E-state index is 0.0491. The van der Waals surface area contributed by atoms with E-state index in [0.29, 0.717) is 5.56 Å². The molecule has 0 aromatic heterocycles. The van der Waals surface area contributed by atoms with Crippen molar-refractivity contribution < 1.29 is 43.8 Å². The minimum atomic E-state index is -1.64. The topological polar surface area (TPSA) is 401 Å². The number of nitrogens with two attached hydrogens (primary N) is 6. The highest BCUT2D eigenvalue weighted by molar-refractivity contribution is 7.80. The van der Waals surface area contributed by atoms with Gasteiger partial charge in [-0.3, -0.25) is 38.8 Å². The average molecular weight is 796 g/mol. The van der Waals surface area contributed by atoms with E-state index in [2.05, 4.69) is 49.2 Å². The smallest absolute Gasteiger partial charge is 0.326 e. The Hall–Kier alpha value is -5.68. The molecular weight excluding hydrogens is 743 g/mol. The maximum Gasteiger partial charge on any atom is 0.326 e. The number of aliphatic hydroxyl groups excluding tert-OH is 1. The number of benzene rings is 1. The molecule has 306 valence electrons. The second-order valence-electron chi connectivity index (χ2n) is 12.2. The first kappa shape index (κ1) is 47.3. The normalized spacial score (nSPS) is 13.9. The number of hydrogen-bond donors (Lipinski definition) is 14. The fourth-order valence-electron chi connectivity index (χ4n) is 4.79. The van der Waals surface area contributed by atoms with E-state index in [9.17, 15) is 43.8 Å². The first-order chi connectivity index (χ1) is 26.0. The molecule has 1 aromatic carbocycles. The van der Waals surface area contributed by atoms with E-state index in [4.69, 9.17) is 34.4 Å². The number of thiol groups is 1. The zero-order valence-corrected chi connectivity index (χ0v) is 31.1. The number of aliphatic carboxylic acids is 1. The van der Waals surface area contributed by atoms with E-state index >= 15 is 0 Å². The number of guanidine groups is 2. The number of aliphatic imine (C=N–C) groups is 2. The van der Waals surface area contributed by atoms with Gasteiger partial charge in [-0.25, -0.2) is 4.79 Å². The molecule has 0 bridgehead atoms. The number of primary amides is 1. The van der Waals surface area contributed by atoms with E-state index in [1.54, 1.807) is 30.3 Å². The van der Waals surface area contributed by atoms with E-state index < -0.39 is 84.3 Å². The summed E-state index contributed by atoms with van der Waals surface area (Å²) < 4.78 is 0. The van der Waals surface area contributed by atoms with Crippen LogP contribution in [0.4, 0.5) is 0 Å². The van der Waals surface area contributed by atoms with Crippen LogP contribution in [0.1, 0.15) is 44.1 Å². The monoisotopic (exact) mass is 795 g/mol. The highest BCUT2D eigenvalue weighted by atomic mass is 32.1. The average Bonchev–Trinajstić information content (AvgIpc) is 3.13. The number of aliphatic hydroxyl groups is 1. The van der Waals surface area contributed by atoms with Gasteiger partial charge in [-0.1, -0.05) is 30.3 Å². The predicted octanol–water partition coefficient (Wildman–Crippen LogP) is -5.64. The van der Waals surface area contributed by atoms with Crippen molar-refractivity contribution in [2.45, 2.75) is 81.2 Å². The third-order valence-corrected chi connectivity index (χ3v) is 8.11. The quantitative estimate of drug-likeness (QED) is 0.0180. The summed E-state index contributed by atoms with van der Waals surface area (Å²) in [6, 6.07) is 0.122. The highest BCUT2D eigenvalue weighted by Crippen LogP contribution is 2.08. The van der Waals surface area contributed by atoms with Gasteiger partial charge in [0.1, 0.15) is 30.2 Å². The molecule has 1 rings (SSSR count). The highest BCUT2D eigenvalue weighted by Gasteiger charge is 2.33. The fraction of sp³-hybridized carbons (Fsp3) is 0.531. The zero-order valence-electron chi connectivity index (χ0n) is 30.2. The molecule has 19 N–H and O–H groups in total. The Labute approximate surface area is 322 Å². The number of nitrogens with one attached hydrogen (secondary N) is 5. The van der Waals surface area contributed by atoms with Crippen LogP contribution in [0.2, 0.25) is 0 Å². The van der Waals surface area contributed by atoms with E-state index in [-0.39, 0.29) is 75.7 Å². The summed E-state index contributed by atoms with van der Waals surface area (Å²) in [6.07, 6.45) is -0.505. The summed E-state index contributed by atoms with van der Waals surface area (Å²) in [5.41, 5.74) is 32.9. The molecule has 0 aliphatic heterocycles. The van der Waals surface area contributed by atoms with Crippen LogP contribution in [0.3, 0.4) is 0 Å². The van der Waals surface area contributed by atoms with Crippen LogP contribution in [0.15, 0.2) is 40.3 Å². The summed E-state index contributed by atoms with van der Waals surface area (Å²) >= 11 is 3.98. The van der Waals surface area contributed by atoms with Gasteiger partial charge in [-0.05, 0) is 37.7 Å². The number of carbonyl (C=O) groups is 7. The Bertz CT molecular complexity index is 1510. The van der Waals surface area contributed by atoms with Crippen molar-refractivity contribution in [1.29, 1.82) is 0 Å². The molecular formula is C32H53N13O9S. The molecule has 6 amide bonds. The van der Waals surface area contributed by atoms with Crippen LogP contribution in [0.5, 0.6) is 0 Å². The van der Waals surface area contributed by atoms with Crippen LogP contribution < -0.4 is 61.0 Å². The summed E-state index contributed by atoms with van der Waals surface area (Å²) in [7, 11) is 0. The minimum Gasteiger partial charge on any atom is -0.480 e. The Morgan fingerprint density at radius 1 is 0.636 bits per heavy atom. The van der Waals surface area contributed by atoms with Gasteiger partial charge in [0.05, 0.1) is 12.6 Å². The predicted molar refractivity (Wildman–Crippen MR) is 205 cm³/mol. The maximum absolute atomic E-state index is 13.9. The summed E-state index contributed by atoms with van der Waals surface area (Å²) in [5, 5.41) is 31.7. The first-order valence-corrected chi connectivity index (χ1v) is 17.8. The second kappa shape index (κ2) is 25.4. The molecule has 55 heavy (non-hydrogen) atoms. The largest absolute Gasteiger partial charge is 0.480 e. The van der Waals surface area contributed by atoms with Crippen LogP contribution >= 0.6 is 12.6 Å². The number of carboxylic acids is 1. The molecule has 0 saturated heterocycles. The lowest BCUT2D eigenvalue weighted by molar-refractivity contribution is -0.142. The number of rotatable bonds is 26. The van der Waals surface area contributed by atoms with Crippen molar-refractivity contribution in [3.63, 3.8) is 0 Å². The summed E-state index contributed by atoms with van der Waals surface area (Å²) in [4.78, 5) is 97.5.